The molecule has 23 heavy (non-hydrogen) atoms. The Morgan fingerprint density at radius 3 is 2.65 bits per heavy atom. The molecule has 1 saturated heterocycles. The number of amides is 1. The summed E-state index contributed by atoms with van der Waals surface area (Å²) < 4.78 is 5.18. The van der Waals surface area contributed by atoms with E-state index in [1.54, 1.807) is 25.7 Å². The van der Waals surface area contributed by atoms with Crippen molar-refractivity contribution >= 4 is 11.9 Å². The lowest BCUT2D eigenvalue weighted by atomic mass is 10.1. The van der Waals surface area contributed by atoms with Crippen molar-refractivity contribution in [2.45, 2.75) is 33.1 Å². The lowest BCUT2D eigenvalue weighted by Gasteiger charge is -2.16. The van der Waals surface area contributed by atoms with E-state index in [9.17, 15) is 9.59 Å². The van der Waals surface area contributed by atoms with Crippen molar-refractivity contribution in [2.24, 2.45) is 0 Å². The fourth-order valence-corrected chi connectivity index (χ4v) is 3.07. The Bertz CT molecular complexity index is 777. The monoisotopic (exact) mass is 318 g/mol. The third kappa shape index (κ3) is 2.60. The molecular formula is C15H18N4O4. The van der Waals surface area contributed by atoms with Gasteiger partial charge in [0.15, 0.2) is 5.82 Å². The van der Waals surface area contributed by atoms with E-state index in [-0.39, 0.29) is 17.5 Å². The molecule has 0 bridgehead atoms. The Balaban J connectivity index is 1.81. The molecular weight excluding hydrogens is 300 g/mol. The van der Waals surface area contributed by atoms with Gasteiger partial charge in [0.2, 0.25) is 5.89 Å². The van der Waals surface area contributed by atoms with Gasteiger partial charge in [0, 0.05) is 18.8 Å². The van der Waals surface area contributed by atoms with E-state index in [2.05, 4.69) is 15.1 Å². The molecule has 0 spiro atoms. The van der Waals surface area contributed by atoms with Crippen molar-refractivity contribution in [3.63, 3.8) is 0 Å². The van der Waals surface area contributed by atoms with Gasteiger partial charge in [0.05, 0.1) is 11.5 Å². The number of carboxylic acids is 1. The number of rotatable bonds is 3. The molecule has 1 fully saturated rings. The fraction of sp³-hybridized carbons (Fsp3) is 0.467. The highest BCUT2D eigenvalue weighted by molar-refractivity contribution is 6.01. The molecule has 0 aromatic carbocycles. The van der Waals surface area contributed by atoms with Crippen LogP contribution in [0.3, 0.4) is 0 Å². The van der Waals surface area contributed by atoms with Gasteiger partial charge >= 0.3 is 5.97 Å². The molecule has 8 nitrogen and oxygen atoms in total. The number of nitrogens with one attached hydrogen (secondary N) is 1. The van der Waals surface area contributed by atoms with Gasteiger partial charge in [-0.1, -0.05) is 5.16 Å². The molecule has 2 aromatic rings. The maximum atomic E-state index is 12.8. The van der Waals surface area contributed by atoms with Crippen LogP contribution in [-0.4, -0.2) is 50.1 Å². The van der Waals surface area contributed by atoms with Crippen LogP contribution in [0, 0.1) is 20.8 Å². The third-order valence-corrected chi connectivity index (χ3v) is 4.23. The molecule has 3 heterocycles. The highest BCUT2D eigenvalue weighted by atomic mass is 16.5. The van der Waals surface area contributed by atoms with Gasteiger partial charge < -0.3 is 19.5 Å². The summed E-state index contributed by atoms with van der Waals surface area (Å²) in [5.74, 6) is -0.0776. The topological polar surface area (TPSA) is 112 Å². The highest BCUT2D eigenvalue weighted by Crippen LogP contribution is 2.29. The number of nitrogens with zero attached hydrogens (tertiary/aromatic N) is 3. The van der Waals surface area contributed by atoms with E-state index >= 15 is 0 Å². The standard InChI is InChI=1S/C15H18N4O4/c1-7-11(8(2)16-12(7)15(21)22)14(20)19-5-4-10(6-19)13-17-9(3)18-23-13/h10,16H,4-6H2,1-3H3,(H,21,22)/t10-/m1/s1. The zero-order valence-corrected chi connectivity index (χ0v) is 13.2. The van der Waals surface area contributed by atoms with Gasteiger partial charge in [-0.2, -0.15) is 4.98 Å². The largest absolute Gasteiger partial charge is 0.477 e. The Kier molecular flexibility index (Phi) is 3.67. The van der Waals surface area contributed by atoms with Crippen LogP contribution in [0.1, 0.15) is 56.2 Å². The van der Waals surface area contributed by atoms with Crippen LogP contribution >= 0.6 is 0 Å². The van der Waals surface area contributed by atoms with Crippen LogP contribution in [0.5, 0.6) is 0 Å². The molecule has 0 saturated carbocycles. The quantitative estimate of drug-likeness (QED) is 0.890. The number of aromatic carboxylic acids is 1. The van der Waals surface area contributed by atoms with E-state index in [0.29, 0.717) is 41.6 Å². The first-order valence-corrected chi connectivity index (χ1v) is 7.40. The molecule has 1 atom stereocenters. The number of carboxylic acid groups (broad SMARTS) is 1. The molecule has 1 aliphatic heterocycles. The first kappa shape index (κ1) is 15.3. The summed E-state index contributed by atoms with van der Waals surface area (Å²) in [6.07, 6.45) is 0.752. The van der Waals surface area contributed by atoms with Crippen molar-refractivity contribution in [1.29, 1.82) is 0 Å². The Hall–Kier alpha value is -2.64. The Morgan fingerprint density at radius 2 is 2.09 bits per heavy atom. The molecule has 3 rings (SSSR count). The molecule has 2 aromatic heterocycles. The summed E-state index contributed by atoms with van der Waals surface area (Å²) in [7, 11) is 0. The zero-order chi connectivity index (χ0) is 16.7. The van der Waals surface area contributed by atoms with Crippen LogP contribution in [0.4, 0.5) is 0 Å². The number of likely N-dealkylation sites (tertiary alicyclic amines) is 1. The molecule has 122 valence electrons. The molecule has 8 heteroatoms. The summed E-state index contributed by atoms with van der Waals surface area (Å²) in [5, 5.41) is 12.9. The third-order valence-electron chi connectivity index (χ3n) is 4.23. The predicted octanol–water partition coefficient (Wildman–Crippen LogP) is 1.65. The number of aromatic amines is 1. The van der Waals surface area contributed by atoms with Crippen molar-refractivity contribution in [2.75, 3.05) is 13.1 Å². The first-order valence-electron chi connectivity index (χ1n) is 7.40. The highest BCUT2D eigenvalue weighted by Gasteiger charge is 2.33. The normalized spacial score (nSPS) is 17.7. The second kappa shape index (κ2) is 5.53. The maximum Gasteiger partial charge on any atom is 0.352 e. The van der Waals surface area contributed by atoms with Gasteiger partial charge in [-0.25, -0.2) is 4.79 Å². The SMILES string of the molecule is Cc1noc([C@@H]2CCN(C(=O)c3c(C)[nH]c(C(=O)O)c3C)C2)n1. The summed E-state index contributed by atoms with van der Waals surface area (Å²) in [5.41, 5.74) is 1.54. The van der Waals surface area contributed by atoms with E-state index in [1.807, 2.05) is 0 Å². The molecule has 1 amide bonds. The second-order valence-corrected chi connectivity index (χ2v) is 5.85. The minimum absolute atomic E-state index is 0.0265. The molecule has 0 unspecified atom stereocenters. The number of aryl methyl sites for hydroxylation is 2. The number of hydrogen-bond acceptors (Lipinski definition) is 5. The molecule has 2 N–H and O–H groups in total. The lowest BCUT2D eigenvalue weighted by Crippen LogP contribution is -2.29. The van der Waals surface area contributed by atoms with E-state index in [0.717, 1.165) is 6.42 Å². The summed E-state index contributed by atoms with van der Waals surface area (Å²) in [6.45, 7) is 6.19. The van der Waals surface area contributed by atoms with Gasteiger partial charge in [-0.05, 0) is 32.8 Å². The van der Waals surface area contributed by atoms with Crippen LogP contribution in [0.25, 0.3) is 0 Å². The minimum Gasteiger partial charge on any atom is -0.477 e. The van der Waals surface area contributed by atoms with E-state index in [1.165, 1.54) is 0 Å². The first-order chi connectivity index (χ1) is 10.9. The number of carbonyl (C=O) groups excluding carboxylic acids is 1. The van der Waals surface area contributed by atoms with Crippen LogP contribution in [-0.2, 0) is 0 Å². The number of hydrogen-bond donors (Lipinski definition) is 2. The van der Waals surface area contributed by atoms with Crippen molar-refractivity contribution in [1.82, 2.24) is 20.0 Å². The van der Waals surface area contributed by atoms with Crippen LogP contribution in [0.15, 0.2) is 4.52 Å². The lowest BCUT2D eigenvalue weighted by molar-refractivity contribution is 0.0690. The van der Waals surface area contributed by atoms with Gasteiger partial charge in [-0.3, -0.25) is 4.79 Å². The zero-order valence-electron chi connectivity index (χ0n) is 13.2. The summed E-state index contributed by atoms with van der Waals surface area (Å²) in [4.78, 5) is 32.6. The second-order valence-electron chi connectivity index (χ2n) is 5.85. The molecule has 0 radical (unpaired) electrons. The predicted molar refractivity (Wildman–Crippen MR) is 79.5 cm³/mol. The molecule has 0 aliphatic carbocycles. The van der Waals surface area contributed by atoms with Crippen LogP contribution in [0.2, 0.25) is 0 Å². The van der Waals surface area contributed by atoms with Crippen molar-refractivity contribution in [3.8, 4) is 0 Å². The van der Waals surface area contributed by atoms with E-state index < -0.39 is 5.97 Å². The Morgan fingerprint density at radius 1 is 1.35 bits per heavy atom. The number of aromatic nitrogens is 3. The smallest absolute Gasteiger partial charge is 0.352 e. The van der Waals surface area contributed by atoms with Crippen LogP contribution < -0.4 is 0 Å². The molecule has 1 aliphatic rings. The summed E-state index contributed by atoms with van der Waals surface area (Å²) in [6, 6.07) is 0. The van der Waals surface area contributed by atoms with Crippen molar-refractivity contribution < 1.29 is 19.2 Å². The number of carbonyl (C=O) groups is 2. The Labute approximate surface area is 132 Å². The average molecular weight is 318 g/mol. The van der Waals surface area contributed by atoms with Gasteiger partial charge in [0.1, 0.15) is 5.69 Å². The average Bonchev–Trinajstić information content (AvgIpc) is 3.17. The number of H-pyrrole nitrogens is 1. The van der Waals surface area contributed by atoms with Gasteiger partial charge in [0.25, 0.3) is 5.91 Å². The fourth-order valence-electron chi connectivity index (χ4n) is 3.07. The minimum atomic E-state index is -1.06. The summed E-state index contributed by atoms with van der Waals surface area (Å²) >= 11 is 0. The van der Waals surface area contributed by atoms with Gasteiger partial charge in [-0.15, -0.1) is 0 Å². The maximum absolute atomic E-state index is 12.8. The van der Waals surface area contributed by atoms with Crippen molar-refractivity contribution in [3.05, 3.63) is 34.2 Å². The van der Waals surface area contributed by atoms with E-state index in [4.69, 9.17) is 9.63 Å².